The molecule has 1 saturated carbocycles. The van der Waals surface area contributed by atoms with Crippen LogP contribution in [0.3, 0.4) is 0 Å². The van der Waals surface area contributed by atoms with E-state index in [0.717, 1.165) is 32.1 Å². The Hall–Kier alpha value is -0.630. The predicted octanol–water partition coefficient (Wildman–Crippen LogP) is 2.32. The molecule has 0 saturated heterocycles. The molecule has 0 aromatic heterocycles. The maximum Gasteiger partial charge on any atom is 0.136 e. The van der Waals surface area contributed by atoms with Crippen LogP contribution in [0.4, 0.5) is 0 Å². The predicted molar refractivity (Wildman–Crippen MR) is 57.0 cm³/mol. The minimum absolute atomic E-state index is 0.159. The molecule has 1 aliphatic rings. The van der Waals surface area contributed by atoms with Gasteiger partial charge < -0.3 is 5.11 Å². The Labute approximate surface area is 86.0 Å². The summed E-state index contributed by atoms with van der Waals surface area (Å²) in [6.07, 6.45) is 6.42. The van der Waals surface area contributed by atoms with Crippen molar-refractivity contribution >= 4 is 5.78 Å². The van der Waals surface area contributed by atoms with Gasteiger partial charge in [0.1, 0.15) is 5.78 Å². The summed E-state index contributed by atoms with van der Waals surface area (Å²) in [5, 5.41) is 9.02. The SMILES string of the molecule is C=CC[C@]1(C(C)=O)CC[C@H](CO)CC1. The molecule has 0 aromatic rings. The van der Waals surface area contributed by atoms with Crippen LogP contribution in [0, 0.1) is 11.3 Å². The number of aliphatic hydroxyl groups excluding tert-OH is 1. The Bertz CT molecular complexity index is 212. The summed E-state index contributed by atoms with van der Waals surface area (Å²) < 4.78 is 0. The van der Waals surface area contributed by atoms with Crippen LogP contribution in [-0.4, -0.2) is 17.5 Å². The maximum atomic E-state index is 11.6. The van der Waals surface area contributed by atoms with Crippen molar-refractivity contribution in [2.24, 2.45) is 11.3 Å². The minimum atomic E-state index is -0.159. The number of aliphatic hydroxyl groups is 1. The van der Waals surface area contributed by atoms with Crippen molar-refractivity contribution in [2.75, 3.05) is 6.61 Å². The van der Waals surface area contributed by atoms with Crippen molar-refractivity contribution in [2.45, 2.75) is 39.0 Å². The third-order valence-electron chi connectivity index (χ3n) is 3.60. The highest BCUT2D eigenvalue weighted by Gasteiger charge is 2.37. The molecular weight excluding hydrogens is 176 g/mol. The summed E-state index contributed by atoms with van der Waals surface area (Å²) in [5.74, 6) is 0.695. The van der Waals surface area contributed by atoms with Gasteiger partial charge in [-0.3, -0.25) is 4.79 Å². The van der Waals surface area contributed by atoms with Crippen molar-refractivity contribution in [3.63, 3.8) is 0 Å². The van der Waals surface area contributed by atoms with E-state index in [2.05, 4.69) is 6.58 Å². The summed E-state index contributed by atoms with van der Waals surface area (Å²) in [6, 6.07) is 0. The van der Waals surface area contributed by atoms with Gasteiger partial charge in [-0.2, -0.15) is 0 Å². The molecule has 14 heavy (non-hydrogen) atoms. The molecule has 0 radical (unpaired) electrons. The fourth-order valence-corrected chi connectivity index (χ4v) is 2.39. The molecule has 80 valence electrons. The van der Waals surface area contributed by atoms with Crippen LogP contribution in [0.1, 0.15) is 39.0 Å². The van der Waals surface area contributed by atoms with E-state index in [1.54, 1.807) is 6.92 Å². The van der Waals surface area contributed by atoms with Crippen molar-refractivity contribution in [3.8, 4) is 0 Å². The number of rotatable bonds is 4. The molecular formula is C12H20O2. The second kappa shape index (κ2) is 4.74. The van der Waals surface area contributed by atoms with Crippen molar-refractivity contribution < 1.29 is 9.90 Å². The van der Waals surface area contributed by atoms with Crippen LogP contribution < -0.4 is 0 Å². The lowest BCUT2D eigenvalue weighted by Gasteiger charge is -2.37. The Balaban J connectivity index is 2.64. The van der Waals surface area contributed by atoms with E-state index in [4.69, 9.17) is 5.11 Å². The lowest BCUT2D eigenvalue weighted by atomic mass is 9.67. The second-order valence-electron chi connectivity index (χ2n) is 4.46. The van der Waals surface area contributed by atoms with Gasteiger partial charge in [-0.05, 0) is 44.9 Å². The molecule has 1 N–H and O–H groups in total. The third-order valence-corrected chi connectivity index (χ3v) is 3.60. The van der Waals surface area contributed by atoms with Gasteiger partial charge in [0.05, 0.1) is 0 Å². The molecule has 2 heteroatoms. The average molecular weight is 196 g/mol. The van der Waals surface area contributed by atoms with Gasteiger partial charge in [0, 0.05) is 12.0 Å². The van der Waals surface area contributed by atoms with Gasteiger partial charge >= 0.3 is 0 Å². The Kier molecular flexibility index (Phi) is 3.87. The smallest absolute Gasteiger partial charge is 0.136 e. The summed E-state index contributed by atoms with van der Waals surface area (Å²) in [4.78, 5) is 11.6. The molecule has 1 rings (SSSR count). The molecule has 2 nitrogen and oxygen atoms in total. The molecule has 0 atom stereocenters. The van der Waals surface area contributed by atoms with Crippen LogP contribution in [0.15, 0.2) is 12.7 Å². The number of carbonyl (C=O) groups excluding carboxylic acids is 1. The van der Waals surface area contributed by atoms with Gasteiger partial charge in [0.15, 0.2) is 0 Å². The van der Waals surface area contributed by atoms with E-state index in [1.807, 2.05) is 6.08 Å². The fraction of sp³-hybridized carbons (Fsp3) is 0.750. The van der Waals surface area contributed by atoms with Crippen molar-refractivity contribution in [3.05, 3.63) is 12.7 Å². The largest absolute Gasteiger partial charge is 0.396 e. The Morgan fingerprint density at radius 1 is 1.57 bits per heavy atom. The van der Waals surface area contributed by atoms with Crippen molar-refractivity contribution in [1.82, 2.24) is 0 Å². The van der Waals surface area contributed by atoms with Crippen LogP contribution in [0.5, 0.6) is 0 Å². The third kappa shape index (κ3) is 2.24. The molecule has 0 unspecified atom stereocenters. The molecule has 1 fully saturated rings. The lowest BCUT2D eigenvalue weighted by molar-refractivity contribution is -0.129. The number of carbonyl (C=O) groups is 1. The van der Waals surface area contributed by atoms with Crippen molar-refractivity contribution in [1.29, 1.82) is 0 Å². The molecule has 1 aliphatic carbocycles. The highest BCUT2D eigenvalue weighted by Crippen LogP contribution is 2.42. The summed E-state index contributed by atoms with van der Waals surface area (Å²) in [5.41, 5.74) is -0.159. The first-order chi connectivity index (χ1) is 6.64. The topological polar surface area (TPSA) is 37.3 Å². The number of hydrogen-bond acceptors (Lipinski definition) is 2. The van der Waals surface area contributed by atoms with E-state index >= 15 is 0 Å². The van der Waals surface area contributed by atoms with Crippen LogP contribution >= 0.6 is 0 Å². The maximum absolute atomic E-state index is 11.6. The van der Waals surface area contributed by atoms with Crippen LogP contribution in [-0.2, 0) is 4.79 Å². The number of Topliss-reactive ketones (excluding diaryl/α,β-unsaturated/α-hetero) is 1. The molecule has 0 heterocycles. The molecule has 0 amide bonds. The summed E-state index contributed by atoms with van der Waals surface area (Å²) in [6.45, 7) is 5.67. The van der Waals surface area contributed by atoms with Crippen LogP contribution in [0.2, 0.25) is 0 Å². The number of hydrogen-bond donors (Lipinski definition) is 1. The number of ketones is 1. The highest BCUT2D eigenvalue weighted by molar-refractivity contribution is 5.82. The molecule has 0 spiro atoms. The van der Waals surface area contributed by atoms with Gasteiger partial charge in [0.2, 0.25) is 0 Å². The molecule has 0 aliphatic heterocycles. The summed E-state index contributed by atoms with van der Waals surface area (Å²) >= 11 is 0. The zero-order valence-electron chi connectivity index (χ0n) is 8.96. The van der Waals surface area contributed by atoms with Gasteiger partial charge in [-0.25, -0.2) is 0 Å². The average Bonchev–Trinajstić information content (AvgIpc) is 2.19. The van der Waals surface area contributed by atoms with Gasteiger partial charge in [0.25, 0.3) is 0 Å². The molecule has 0 aromatic carbocycles. The first kappa shape index (κ1) is 11.4. The quantitative estimate of drug-likeness (QED) is 0.701. The fourth-order valence-electron chi connectivity index (χ4n) is 2.39. The Morgan fingerprint density at radius 2 is 2.14 bits per heavy atom. The standard InChI is InChI=1S/C12H20O2/c1-3-6-12(10(2)14)7-4-11(9-13)5-8-12/h3,11,13H,1,4-9H2,2H3/t11-,12-. The van der Waals surface area contributed by atoms with E-state index in [-0.39, 0.29) is 17.8 Å². The monoisotopic (exact) mass is 196 g/mol. The first-order valence-electron chi connectivity index (χ1n) is 5.37. The van der Waals surface area contributed by atoms with Crippen LogP contribution in [0.25, 0.3) is 0 Å². The summed E-state index contributed by atoms with van der Waals surface area (Å²) in [7, 11) is 0. The first-order valence-corrected chi connectivity index (χ1v) is 5.37. The van der Waals surface area contributed by atoms with E-state index in [9.17, 15) is 4.79 Å². The van der Waals surface area contributed by atoms with Gasteiger partial charge in [-0.15, -0.1) is 6.58 Å². The number of allylic oxidation sites excluding steroid dienone is 1. The second-order valence-corrected chi connectivity index (χ2v) is 4.46. The van der Waals surface area contributed by atoms with E-state index in [0.29, 0.717) is 5.92 Å². The zero-order valence-corrected chi connectivity index (χ0v) is 8.96. The highest BCUT2D eigenvalue weighted by atomic mass is 16.3. The zero-order chi connectivity index (χ0) is 10.6. The lowest BCUT2D eigenvalue weighted by Crippen LogP contribution is -2.34. The van der Waals surface area contributed by atoms with E-state index in [1.165, 1.54) is 0 Å². The Morgan fingerprint density at radius 3 is 2.50 bits per heavy atom. The van der Waals surface area contributed by atoms with E-state index < -0.39 is 0 Å². The van der Waals surface area contributed by atoms with Gasteiger partial charge in [-0.1, -0.05) is 6.08 Å². The minimum Gasteiger partial charge on any atom is -0.396 e. The normalized spacial score (nSPS) is 32.6. The molecule has 0 bridgehead atoms.